The number of halogens is 3. The number of thiophene rings is 1. The second-order valence-corrected chi connectivity index (χ2v) is 6.99. The third kappa shape index (κ3) is 7.03. The van der Waals surface area contributed by atoms with E-state index in [0.717, 1.165) is 10.9 Å². The Morgan fingerprint density at radius 1 is 1.15 bits per heavy atom. The molecule has 0 aliphatic carbocycles. The van der Waals surface area contributed by atoms with Crippen molar-refractivity contribution in [3.05, 3.63) is 57.8 Å². The smallest absolute Gasteiger partial charge is 0.337 e. The van der Waals surface area contributed by atoms with Gasteiger partial charge >= 0.3 is 12.2 Å². The lowest BCUT2D eigenvalue weighted by atomic mass is 10.1. The number of nitrogens with zero attached hydrogens (tertiary/aromatic N) is 1. The molecule has 0 spiro atoms. The first-order valence-corrected chi connectivity index (χ1v) is 9.07. The van der Waals surface area contributed by atoms with Crippen molar-refractivity contribution in [3.8, 4) is 0 Å². The van der Waals surface area contributed by atoms with Gasteiger partial charge in [-0.3, -0.25) is 15.0 Å². The Labute approximate surface area is 159 Å². The second-order valence-electron chi connectivity index (χ2n) is 5.96. The van der Waals surface area contributed by atoms with Crippen LogP contribution in [0.25, 0.3) is 0 Å². The summed E-state index contributed by atoms with van der Waals surface area (Å²) < 4.78 is 39.0. The first kappa shape index (κ1) is 20.9. The Morgan fingerprint density at radius 3 is 2.56 bits per heavy atom. The van der Waals surface area contributed by atoms with Crippen LogP contribution < -0.4 is 10.6 Å². The zero-order valence-electron chi connectivity index (χ0n) is 14.7. The zero-order chi connectivity index (χ0) is 19.9. The van der Waals surface area contributed by atoms with Gasteiger partial charge in [-0.2, -0.15) is 13.2 Å². The minimum Gasteiger partial charge on any atom is -0.337 e. The van der Waals surface area contributed by atoms with E-state index in [1.54, 1.807) is 11.3 Å². The number of rotatable bonds is 7. The topological polar surface area (TPSA) is 61.4 Å². The van der Waals surface area contributed by atoms with E-state index in [9.17, 15) is 22.8 Å². The van der Waals surface area contributed by atoms with Crippen LogP contribution >= 0.6 is 11.3 Å². The molecular formula is C18H20F3N3O2S. The number of alkyl halides is 3. The molecule has 0 unspecified atom stereocenters. The van der Waals surface area contributed by atoms with Crippen molar-refractivity contribution >= 4 is 23.3 Å². The van der Waals surface area contributed by atoms with Gasteiger partial charge in [0.25, 0.3) is 0 Å². The van der Waals surface area contributed by atoms with Gasteiger partial charge in [-0.1, -0.05) is 24.3 Å². The number of benzene rings is 1. The van der Waals surface area contributed by atoms with Crippen LogP contribution in [-0.4, -0.2) is 37.0 Å². The molecule has 146 valence electrons. The number of nitrogens with one attached hydrogen (secondary N) is 2. The quantitative estimate of drug-likeness (QED) is 0.751. The van der Waals surface area contributed by atoms with Crippen LogP contribution in [0.5, 0.6) is 0 Å². The predicted octanol–water partition coefficient (Wildman–Crippen LogP) is 3.27. The summed E-state index contributed by atoms with van der Waals surface area (Å²) in [6.07, 6.45) is -3.80. The molecule has 0 fully saturated rings. The van der Waals surface area contributed by atoms with E-state index in [-0.39, 0.29) is 18.7 Å². The summed E-state index contributed by atoms with van der Waals surface area (Å²) >= 11 is 1.58. The number of imide groups is 1. The van der Waals surface area contributed by atoms with Crippen molar-refractivity contribution in [1.82, 2.24) is 15.5 Å². The van der Waals surface area contributed by atoms with Gasteiger partial charge < -0.3 is 5.32 Å². The molecule has 1 heterocycles. The van der Waals surface area contributed by atoms with E-state index in [2.05, 4.69) is 10.6 Å². The molecule has 2 aromatic rings. The van der Waals surface area contributed by atoms with Gasteiger partial charge in [0.2, 0.25) is 5.91 Å². The Hall–Kier alpha value is -2.39. The van der Waals surface area contributed by atoms with Crippen molar-refractivity contribution in [2.24, 2.45) is 0 Å². The number of hydrogen-bond acceptors (Lipinski definition) is 4. The molecule has 0 saturated carbocycles. The van der Waals surface area contributed by atoms with Crippen molar-refractivity contribution < 1.29 is 22.8 Å². The van der Waals surface area contributed by atoms with Gasteiger partial charge in [-0.15, -0.1) is 11.3 Å². The number of hydrogen-bond donors (Lipinski definition) is 2. The van der Waals surface area contributed by atoms with E-state index in [4.69, 9.17) is 0 Å². The number of carbonyl (C=O) groups is 2. The van der Waals surface area contributed by atoms with E-state index >= 15 is 0 Å². The highest BCUT2D eigenvalue weighted by Crippen LogP contribution is 2.32. The van der Waals surface area contributed by atoms with Crippen LogP contribution in [0, 0.1) is 0 Å². The van der Waals surface area contributed by atoms with Gasteiger partial charge in [0.05, 0.1) is 12.1 Å². The average Bonchev–Trinajstić information content (AvgIpc) is 3.07. The summed E-state index contributed by atoms with van der Waals surface area (Å²) in [5.41, 5.74) is -0.663. The first-order chi connectivity index (χ1) is 12.8. The van der Waals surface area contributed by atoms with Crippen LogP contribution in [0.3, 0.4) is 0 Å². The third-order valence-electron chi connectivity index (χ3n) is 3.67. The predicted molar refractivity (Wildman–Crippen MR) is 97.3 cm³/mol. The summed E-state index contributed by atoms with van der Waals surface area (Å²) in [5.74, 6) is -0.587. The van der Waals surface area contributed by atoms with Crippen LogP contribution in [0.4, 0.5) is 18.0 Å². The van der Waals surface area contributed by atoms with Crippen LogP contribution in [0.15, 0.2) is 41.8 Å². The largest absolute Gasteiger partial charge is 0.416 e. The molecule has 0 radical (unpaired) electrons. The highest BCUT2D eigenvalue weighted by atomic mass is 32.1. The molecule has 2 N–H and O–H groups in total. The SMILES string of the molecule is CN(CC(=O)NC(=O)NCCc1cccs1)Cc1ccccc1C(F)(F)F. The summed E-state index contributed by atoms with van der Waals surface area (Å²) in [6.45, 7) is 0.113. The van der Waals surface area contributed by atoms with E-state index in [1.165, 1.54) is 30.1 Å². The van der Waals surface area contributed by atoms with Crippen molar-refractivity contribution in [2.75, 3.05) is 20.1 Å². The van der Waals surface area contributed by atoms with Gasteiger partial charge in [-0.25, -0.2) is 4.79 Å². The van der Waals surface area contributed by atoms with Crippen LogP contribution in [-0.2, 0) is 23.9 Å². The number of carbonyl (C=O) groups excluding carboxylic acids is 2. The second kappa shape index (κ2) is 9.52. The molecular weight excluding hydrogens is 379 g/mol. The number of urea groups is 1. The van der Waals surface area contributed by atoms with Crippen LogP contribution in [0.2, 0.25) is 0 Å². The Bertz CT molecular complexity index is 763. The van der Waals surface area contributed by atoms with Gasteiger partial charge in [-0.05, 0) is 36.5 Å². The lowest BCUT2D eigenvalue weighted by Gasteiger charge is -2.19. The minimum atomic E-state index is -4.46. The lowest BCUT2D eigenvalue weighted by Crippen LogP contribution is -2.44. The van der Waals surface area contributed by atoms with Crippen molar-refractivity contribution in [1.29, 1.82) is 0 Å². The van der Waals surface area contributed by atoms with E-state index < -0.39 is 23.7 Å². The van der Waals surface area contributed by atoms with Crippen molar-refractivity contribution in [3.63, 3.8) is 0 Å². The fraction of sp³-hybridized carbons (Fsp3) is 0.333. The Balaban J connectivity index is 1.77. The van der Waals surface area contributed by atoms with Crippen molar-refractivity contribution in [2.45, 2.75) is 19.1 Å². The van der Waals surface area contributed by atoms with E-state index in [1.807, 2.05) is 17.5 Å². The Morgan fingerprint density at radius 2 is 1.89 bits per heavy atom. The molecule has 9 heteroatoms. The maximum absolute atomic E-state index is 13.0. The molecule has 0 aliphatic rings. The summed E-state index contributed by atoms with van der Waals surface area (Å²) in [4.78, 5) is 26.1. The molecule has 27 heavy (non-hydrogen) atoms. The Kier molecular flexibility index (Phi) is 7.37. The average molecular weight is 399 g/mol. The molecule has 0 saturated heterocycles. The summed E-state index contributed by atoms with van der Waals surface area (Å²) in [6, 6.07) is 8.44. The maximum atomic E-state index is 13.0. The number of amides is 3. The maximum Gasteiger partial charge on any atom is 0.416 e. The van der Waals surface area contributed by atoms with Gasteiger partial charge in [0.1, 0.15) is 0 Å². The molecule has 1 aromatic carbocycles. The highest BCUT2D eigenvalue weighted by Gasteiger charge is 2.33. The molecule has 1 aromatic heterocycles. The van der Waals surface area contributed by atoms with Gasteiger partial charge in [0, 0.05) is 18.0 Å². The van der Waals surface area contributed by atoms with Gasteiger partial charge in [0.15, 0.2) is 0 Å². The van der Waals surface area contributed by atoms with E-state index in [0.29, 0.717) is 13.0 Å². The molecule has 0 aliphatic heterocycles. The first-order valence-electron chi connectivity index (χ1n) is 8.19. The molecule has 3 amide bonds. The normalized spacial score (nSPS) is 11.4. The standard InChI is InChI=1S/C18H20F3N3O2S/c1-24(11-13-5-2-3-7-15(13)18(19,20)21)12-16(25)23-17(26)22-9-8-14-6-4-10-27-14/h2-7,10H,8-9,11-12H2,1H3,(H2,22,23,25,26). The summed E-state index contributed by atoms with van der Waals surface area (Å²) in [5, 5.41) is 6.68. The molecule has 0 bridgehead atoms. The molecule has 0 atom stereocenters. The monoisotopic (exact) mass is 399 g/mol. The minimum absolute atomic E-state index is 0.0664. The van der Waals surface area contributed by atoms with Crippen LogP contribution in [0.1, 0.15) is 16.0 Å². The lowest BCUT2D eigenvalue weighted by molar-refractivity contribution is -0.138. The molecule has 2 rings (SSSR count). The number of likely N-dealkylation sites (N-methyl/N-ethyl adjacent to an activating group) is 1. The fourth-order valence-electron chi connectivity index (χ4n) is 2.49. The molecule has 5 nitrogen and oxygen atoms in total. The highest BCUT2D eigenvalue weighted by molar-refractivity contribution is 7.09. The fourth-order valence-corrected chi connectivity index (χ4v) is 3.20. The zero-order valence-corrected chi connectivity index (χ0v) is 15.5. The summed E-state index contributed by atoms with van der Waals surface area (Å²) in [7, 11) is 1.52. The third-order valence-corrected chi connectivity index (χ3v) is 4.60.